The minimum atomic E-state index is 0.910. The van der Waals surface area contributed by atoms with Crippen LogP contribution in [-0.2, 0) is 0 Å². The van der Waals surface area contributed by atoms with Gasteiger partial charge in [-0.05, 0) is 108 Å². The van der Waals surface area contributed by atoms with Gasteiger partial charge in [-0.1, -0.05) is 96.1 Å². The highest BCUT2D eigenvalue weighted by Gasteiger charge is 1.99. The molecule has 0 unspecified atom stereocenters. The summed E-state index contributed by atoms with van der Waals surface area (Å²) in [6.07, 6.45) is 3.76. The average molecular weight is 593 g/mol. The zero-order chi connectivity index (χ0) is 30.5. The van der Waals surface area contributed by atoms with Gasteiger partial charge in [0.15, 0.2) is 0 Å². The SMILES string of the molecule is C(#Cc1ccc(C=Nc2ccc(Sc3ccc(N=Cc4ccc(C#Cc5ccccc5)cc4)cc3)cc2)cc1)c1ccccc1. The number of rotatable bonds is 6. The Kier molecular flexibility index (Phi) is 9.76. The van der Waals surface area contributed by atoms with E-state index in [-0.39, 0.29) is 0 Å². The highest BCUT2D eigenvalue weighted by atomic mass is 32.2. The molecule has 0 radical (unpaired) electrons. The van der Waals surface area contributed by atoms with Crippen molar-refractivity contribution >= 4 is 35.6 Å². The average Bonchev–Trinajstić information content (AvgIpc) is 3.11. The summed E-state index contributed by atoms with van der Waals surface area (Å²) < 4.78 is 0. The second kappa shape index (κ2) is 15.0. The minimum absolute atomic E-state index is 0.910. The third-order valence-electron chi connectivity index (χ3n) is 6.71. The number of nitrogens with zero attached hydrogens (tertiary/aromatic N) is 2. The summed E-state index contributed by atoms with van der Waals surface area (Å²) in [5, 5.41) is 0. The van der Waals surface area contributed by atoms with Crippen molar-refractivity contribution in [1.82, 2.24) is 0 Å². The summed E-state index contributed by atoms with van der Waals surface area (Å²) in [5.41, 5.74) is 7.87. The maximum absolute atomic E-state index is 4.64. The minimum Gasteiger partial charge on any atom is -0.256 e. The number of hydrogen-bond donors (Lipinski definition) is 0. The van der Waals surface area contributed by atoms with Crippen molar-refractivity contribution in [2.45, 2.75) is 9.79 Å². The molecule has 0 heterocycles. The Morgan fingerprint density at radius 1 is 0.356 bits per heavy atom. The molecule has 6 rings (SSSR count). The zero-order valence-corrected chi connectivity index (χ0v) is 25.3. The molecule has 0 aliphatic heterocycles. The van der Waals surface area contributed by atoms with Gasteiger partial charge >= 0.3 is 0 Å². The summed E-state index contributed by atoms with van der Waals surface area (Å²) in [7, 11) is 0. The first-order valence-electron chi connectivity index (χ1n) is 14.6. The fourth-order valence-electron chi connectivity index (χ4n) is 4.27. The lowest BCUT2D eigenvalue weighted by molar-refractivity contribution is 1.38. The fraction of sp³-hybridized carbons (Fsp3) is 0. The van der Waals surface area contributed by atoms with Crippen LogP contribution >= 0.6 is 11.8 Å². The van der Waals surface area contributed by atoms with E-state index in [1.54, 1.807) is 11.8 Å². The molecule has 0 aliphatic carbocycles. The smallest absolute Gasteiger partial charge is 0.0630 e. The predicted molar refractivity (Wildman–Crippen MR) is 189 cm³/mol. The van der Waals surface area contributed by atoms with Crippen LogP contribution in [0.2, 0.25) is 0 Å². The maximum atomic E-state index is 4.64. The Balaban J connectivity index is 0.996. The molecule has 0 N–H and O–H groups in total. The van der Waals surface area contributed by atoms with E-state index in [1.807, 2.05) is 146 Å². The van der Waals surface area contributed by atoms with Crippen molar-refractivity contribution < 1.29 is 0 Å². The second-order valence-corrected chi connectivity index (χ2v) is 11.2. The van der Waals surface area contributed by atoms with Gasteiger partial charge in [-0.2, -0.15) is 0 Å². The molecule has 0 spiro atoms. The molecule has 212 valence electrons. The molecular weight excluding hydrogens is 565 g/mol. The van der Waals surface area contributed by atoms with E-state index in [0.717, 1.165) is 54.5 Å². The lowest BCUT2D eigenvalue weighted by Crippen LogP contribution is -1.82. The van der Waals surface area contributed by atoms with Gasteiger partial charge in [0.25, 0.3) is 0 Å². The second-order valence-electron chi connectivity index (χ2n) is 10.1. The van der Waals surface area contributed by atoms with Gasteiger partial charge in [-0.25, -0.2) is 0 Å². The van der Waals surface area contributed by atoms with Gasteiger partial charge < -0.3 is 0 Å². The van der Waals surface area contributed by atoms with Crippen LogP contribution in [0.4, 0.5) is 11.4 Å². The molecule has 0 fully saturated rings. The van der Waals surface area contributed by atoms with Crippen molar-refractivity contribution in [3.63, 3.8) is 0 Å². The Labute approximate surface area is 269 Å². The molecule has 3 heteroatoms. The molecule has 0 aliphatic rings. The summed E-state index contributed by atoms with van der Waals surface area (Å²) in [4.78, 5) is 11.6. The Bertz CT molecular complexity index is 1870. The third-order valence-corrected chi connectivity index (χ3v) is 7.72. The van der Waals surface area contributed by atoms with Crippen molar-refractivity contribution in [2.24, 2.45) is 9.98 Å². The van der Waals surface area contributed by atoms with E-state index < -0.39 is 0 Å². The van der Waals surface area contributed by atoms with Crippen LogP contribution in [-0.4, -0.2) is 12.4 Å². The fourth-order valence-corrected chi connectivity index (χ4v) is 5.09. The van der Waals surface area contributed by atoms with Gasteiger partial charge in [0.2, 0.25) is 0 Å². The number of hydrogen-bond acceptors (Lipinski definition) is 3. The summed E-state index contributed by atoms with van der Waals surface area (Å²) in [6, 6.07) is 52.8. The summed E-state index contributed by atoms with van der Waals surface area (Å²) in [5.74, 6) is 12.8. The zero-order valence-electron chi connectivity index (χ0n) is 24.5. The standard InChI is InChI=1S/C42H28N2S/c1-3-7-33(8-4-1)11-13-35-15-19-37(20-16-35)31-43-39-23-27-41(28-24-39)45-42-29-25-40(26-30-42)44-32-38-21-17-36(18-22-38)14-12-34-9-5-2-6-10-34/h1-10,15-32H. The summed E-state index contributed by atoms with van der Waals surface area (Å²) >= 11 is 1.71. The largest absolute Gasteiger partial charge is 0.256 e. The van der Waals surface area contributed by atoms with E-state index in [9.17, 15) is 0 Å². The van der Waals surface area contributed by atoms with Crippen LogP contribution in [0.25, 0.3) is 0 Å². The van der Waals surface area contributed by atoms with Gasteiger partial charge in [-0.3, -0.25) is 9.98 Å². The number of aliphatic imine (C=N–C) groups is 2. The quantitative estimate of drug-likeness (QED) is 0.140. The molecule has 0 amide bonds. The Morgan fingerprint density at radius 2 is 0.689 bits per heavy atom. The van der Waals surface area contributed by atoms with Crippen molar-refractivity contribution in [1.29, 1.82) is 0 Å². The van der Waals surface area contributed by atoms with Crippen LogP contribution < -0.4 is 0 Å². The number of benzene rings is 6. The topological polar surface area (TPSA) is 24.7 Å². The normalized spacial score (nSPS) is 10.7. The molecule has 0 saturated carbocycles. The molecule has 0 aromatic heterocycles. The highest BCUT2D eigenvalue weighted by Crippen LogP contribution is 2.30. The monoisotopic (exact) mass is 592 g/mol. The third kappa shape index (κ3) is 9.06. The molecule has 2 nitrogen and oxygen atoms in total. The van der Waals surface area contributed by atoms with Crippen molar-refractivity contribution in [2.75, 3.05) is 0 Å². The van der Waals surface area contributed by atoms with Gasteiger partial charge in [0.1, 0.15) is 0 Å². The molecule has 0 atom stereocenters. The lowest BCUT2D eigenvalue weighted by Gasteiger charge is -2.03. The molecule has 6 aromatic carbocycles. The predicted octanol–water partition coefficient (Wildman–Crippen LogP) is 10.1. The van der Waals surface area contributed by atoms with E-state index in [1.165, 1.54) is 0 Å². The van der Waals surface area contributed by atoms with Gasteiger partial charge in [0, 0.05) is 44.5 Å². The van der Waals surface area contributed by atoms with Crippen LogP contribution in [0.1, 0.15) is 33.4 Å². The molecule has 6 aromatic rings. The van der Waals surface area contributed by atoms with Crippen LogP contribution in [0.3, 0.4) is 0 Å². The first-order chi connectivity index (χ1) is 22.2. The molecule has 0 bridgehead atoms. The summed E-state index contributed by atoms with van der Waals surface area (Å²) in [6.45, 7) is 0. The Morgan fingerprint density at radius 3 is 1.04 bits per heavy atom. The lowest BCUT2D eigenvalue weighted by atomic mass is 10.1. The van der Waals surface area contributed by atoms with Gasteiger partial charge in [-0.15, -0.1) is 0 Å². The van der Waals surface area contributed by atoms with Gasteiger partial charge in [0.05, 0.1) is 11.4 Å². The van der Waals surface area contributed by atoms with Crippen molar-refractivity contribution in [3.8, 4) is 23.7 Å². The maximum Gasteiger partial charge on any atom is 0.0630 e. The first kappa shape index (κ1) is 29.2. The van der Waals surface area contributed by atoms with Crippen LogP contribution in [0.15, 0.2) is 178 Å². The van der Waals surface area contributed by atoms with Crippen LogP contribution in [0.5, 0.6) is 0 Å². The van der Waals surface area contributed by atoms with E-state index >= 15 is 0 Å². The van der Waals surface area contributed by atoms with E-state index in [0.29, 0.717) is 0 Å². The van der Waals surface area contributed by atoms with Crippen LogP contribution in [0, 0.1) is 23.7 Å². The molecule has 45 heavy (non-hydrogen) atoms. The molecular formula is C42H28N2S. The molecule has 0 saturated heterocycles. The Hall–Kier alpha value is -5.87. The first-order valence-corrected chi connectivity index (χ1v) is 15.4. The highest BCUT2D eigenvalue weighted by molar-refractivity contribution is 7.99. The van der Waals surface area contributed by atoms with Crippen molar-refractivity contribution in [3.05, 3.63) is 191 Å². The van der Waals surface area contributed by atoms with E-state index in [2.05, 4.69) is 57.9 Å². The van der Waals surface area contributed by atoms with E-state index in [4.69, 9.17) is 0 Å².